The highest BCUT2D eigenvalue weighted by Crippen LogP contribution is 2.49. The first kappa shape index (κ1) is 35.7. The smallest absolute Gasteiger partial charge is 0.408 e. The molecule has 6 aromatic carbocycles. The van der Waals surface area contributed by atoms with Crippen molar-refractivity contribution < 1.29 is 13.6 Å². The maximum atomic E-state index is 6.96. The SMILES string of the molecule is CC(C)(C)c1ccc2cc(OP(Oc3ccc4ccccc4c3)Oc3cc4ccc(C(C)(C)C)cc4cc3C(C)(C)C)c(C(C)(C)C)cc2c1. The van der Waals surface area contributed by atoms with Gasteiger partial charge in [0.1, 0.15) is 17.2 Å². The second kappa shape index (κ2) is 12.9. The molecule has 0 atom stereocenters. The maximum absolute atomic E-state index is 6.96. The molecule has 0 aromatic heterocycles. The molecule has 0 radical (unpaired) electrons. The minimum absolute atomic E-state index is 0.0556. The van der Waals surface area contributed by atoms with Crippen LogP contribution >= 0.6 is 8.60 Å². The van der Waals surface area contributed by atoms with Crippen molar-refractivity contribution in [2.24, 2.45) is 0 Å². The van der Waals surface area contributed by atoms with Crippen molar-refractivity contribution in [1.29, 1.82) is 0 Å². The monoisotopic (exact) mass is 684 g/mol. The summed E-state index contributed by atoms with van der Waals surface area (Å²) in [6.45, 7) is 26.9. The van der Waals surface area contributed by atoms with Crippen LogP contribution in [0, 0.1) is 0 Å². The Hall–Kier alpha value is -4.07. The number of hydrogen-bond donors (Lipinski definition) is 0. The molecule has 0 aliphatic heterocycles. The lowest BCUT2D eigenvalue weighted by atomic mass is 9.83. The molecule has 0 saturated carbocycles. The van der Waals surface area contributed by atoms with Crippen LogP contribution in [0.3, 0.4) is 0 Å². The van der Waals surface area contributed by atoms with Crippen molar-refractivity contribution in [3.8, 4) is 17.2 Å². The van der Waals surface area contributed by atoms with Crippen molar-refractivity contribution >= 4 is 40.9 Å². The topological polar surface area (TPSA) is 27.7 Å². The molecular weight excluding hydrogens is 631 g/mol. The molecule has 0 bridgehead atoms. The van der Waals surface area contributed by atoms with E-state index in [0.717, 1.165) is 44.2 Å². The van der Waals surface area contributed by atoms with Gasteiger partial charge in [0, 0.05) is 11.1 Å². The van der Waals surface area contributed by atoms with Gasteiger partial charge in [-0.15, -0.1) is 0 Å². The third-order valence-electron chi connectivity index (χ3n) is 9.47. The van der Waals surface area contributed by atoms with Crippen LogP contribution in [-0.4, -0.2) is 0 Å². The van der Waals surface area contributed by atoms with E-state index in [1.807, 2.05) is 12.1 Å². The zero-order valence-electron chi connectivity index (χ0n) is 32.0. The fourth-order valence-corrected chi connectivity index (χ4v) is 7.36. The van der Waals surface area contributed by atoms with E-state index < -0.39 is 8.60 Å². The predicted molar refractivity (Wildman–Crippen MR) is 215 cm³/mol. The standard InChI is InChI=1S/C46H53O3P/c1-43(2,3)36-20-17-32-28-41(39(45(7,8)9)26-34(32)23-36)48-50(47-38-22-19-30-15-13-14-16-31(30)25-38)49-42-29-33-18-21-37(44(4,5)6)24-35(33)27-40(42)46(10,11)12/h13-29H,1-12H3. The molecule has 6 rings (SSSR count). The van der Waals surface area contributed by atoms with E-state index >= 15 is 0 Å². The van der Waals surface area contributed by atoms with E-state index in [4.69, 9.17) is 13.6 Å². The van der Waals surface area contributed by atoms with Gasteiger partial charge in [-0.1, -0.05) is 150 Å². The number of benzene rings is 6. The summed E-state index contributed by atoms with van der Waals surface area (Å²) in [4.78, 5) is 0. The number of hydrogen-bond acceptors (Lipinski definition) is 3. The van der Waals surface area contributed by atoms with Gasteiger partial charge >= 0.3 is 8.60 Å². The fraction of sp³-hybridized carbons (Fsp3) is 0.348. The summed E-state index contributed by atoms with van der Waals surface area (Å²) in [5.41, 5.74) is 4.58. The minimum atomic E-state index is -1.93. The van der Waals surface area contributed by atoms with E-state index in [9.17, 15) is 0 Å². The van der Waals surface area contributed by atoms with Gasteiger partial charge in [0.05, 0.1) is 0 Å². The minimum Gasteiger partial charge on any atom is -0.408 e. The Morgan fingerprint density at radius 2 is 0.780 bits per heavy atom. The van der Waals surface area contributed by atoms with E-state index in [2.05, 4.69) is 174 Å². The number of fused-ring (bicyclic) bond motifs is 3. The molecule has 4 heteroatoms. The second-order valence-corrected chi connectivity index (χ2v) is 18.8. The molecule has 0 aliphatic carbocycles. The van der Waals surface area contributed by atoms with Gasteiger partial charge in [0.2, 0.25) is 0 Å². The van der Waals surface area contributed by atoms with Crippen LogP contribution in [-0.2, 0) is 21.7 Å². The highest BCUT2D eigenvalue weighted by Gasteiger charge is 2.30. The Morgan fingerprint density at radius 1 is 0.360 bits per heavy atom. The Bertz CT molecular complexity index is 2070. The molecule has 0 heterocycles. The van der Waals surface area contributed by atoms with Gasteiger partial charge in [0.15, 0.2) is 0 Å². The first-order valence-electron chi connectivity index (χ1n) is 17.8. The molecule has 0 saturated heterocycles. The normalized spacial score (nSPS) is 13.0. The maximum Gasteiger partial charge on any atom is 0.530 e. The highest BCUT2D eigenvalue weighted by atomic mass is 31.2. The third kappa shape index (κ3) is 7.79. The molecule has 0 spiro atoms. The summed E-state index contributed by atoms with van der Waals surface area (Å²) < 4.78 is 20.7. The van der Waals surface area contributed by atoms with Gasteiger partial charge in [0.25, 0.3) is 0 Å². The lowest BCUT2D eigenvalue weighted by Gasteiger charge is -2.28. The van der Waals surface area contributed by atoms with Gasteiger partial charge in [-0.25, -0.2) is 0 Å². The van der Waals surface area contributed by atoms with Crippen LogP contribution in [0.2, 0.25) is 0 Å². The Labute approximate surface area is 301 Å². The molecule has 3 nitrogen and oxygen atoms in total. The summed E-state index contributed by atoms with van der Waals surface area (Å²) in [7, 11) is -1.93. The van der Waals surface area contributed by atoms with E-state index in [1.165, 1.54) is 21.9 Å². The van der Waals surface area contributed by atoms with Crippen LogP contribution < -0.4 is 13.6 Å². The van der Waals surface area contributed by atoms with E-state index in [-0.39, 0.29) is 21.7 Å². The van der Waals surface area contributed by atoms with E-state index in [0.29, 0.717) is 5.75 Å². The van der Waals surface area contributed by atoms with Crippen molar-refractivity contribution in [2.45, 2.75) is 105 Å². The summed E-state index contributed by atoms with van der Waals surface area (Å²) in [5, 5.41) is 6.91. The molecule has 0 aliphatic rings. The highest BCUT2D eigenvalue weighted by molar-refractivity contribution is 7.43. The van der Waals surface area contributed by atoms with Crippen LogP contribution in [0.15, 0.2) is 103 Å². The molecule has 0 fully saturated rings. The Kier molecular flexibility index (Phi) is 9.23. The second-order valence-electron chi connectivity index (χ2n) is 17.8. The number of rotatable bonds is 6. The van der Waals surface area contributed by atoms with Gasteiger partial charge in [-0.3, -0.25) is 0 Å². The average Bonchev–Trinajstić information content (AvgIpc) is 3.01. The summed E-state index contributed by atoms with van der Waals surface area (Å²) in [6, 6.07) is 36.8. The fourth-order valence-electron chi connectivity index (χ4n) is 6.34. The summed E-state index contributed by atoms with van der Waals surface area (Å²) in [6.07, 6.45) is 0. The van der Waals surface area contributed by atoms with Crippen molar-refractivity contribution in [2.75, 3.05) is 0 Å². The van der Waals surface area contributed by atoms with Gasteiger partial charge in [-0.2, -0.15) is 0 Å². The summed E-state index contributed by atoms with van der Waals surface area (Å²) >= 11 is 0. The molecule has 260 valence electrons. The third-order valence-corrected chi connectivity index (χ3v) is 10.5. The molecule has 50 heavy (non-hydrogen) atoms. The zero-order chi connectivity index (χ0) is 36.2. The molecule has 0 unspecified atom stereocenters. The molecule has 6 aromatic rings. The summed E-state index contributed by atoms with van der Waals surface area (Å²) in [5.74, 6) is 2.25. The van der Waals surface area contributed by atoms with Crippen molar-refractivity contribution in [3.63, 3.8) is 0 Å². The largest absolute Gasteiger partial charge is 0.530 e. The van der Waals surface area contributed by atoms with E-state index in [1.54, 1.807) is 0 Å². The van der Waals surface area contributed by atoms with Crippen molar-refractivity contribution in [1.82, 2.24) is 0 Å². The predicted octanol–water partition coefficient (Wildman–Crippen LogP) is 14.1. The van der Waals surface area contributed by atoms with Crippen LogP contribution in [0.1, 0.15) is 105 Å². The van der Waals surface area contributed by atoms with Crippen LogP contribution in [0.4, 0.5) is 0 Å². The van der Waals surface area contributed by atoms with Crippen LogP contribution in [0.5, 0.6) is 17.2 Å². The van der Waals surface area contributed by atoms with Gasteiger partial charge < -0.3 is 13.6 Å². The lowest BCUT2D eigenvalue weighted by molar-refractivity contribution is 0.378. The van der Waals surface area contributed by atoms with Gasteiger partial charge in [-0.05, 0) is 102 Å². The zero-order valence-corrected chi connectivity index (χ0v) is 32.9. The lowest BCUT2D eigenvalue weighted by Crippen LogP contribution is -2.16. The molecular formula is C46H53O3P. The average molecular weight is 685 g/mol. The first-order valence-corrected chi connectivity index (χ1v) is 18.9. The first-order chi connectivity index (χ1) is 23.3. The molecule has 0 amide bonds. The van der Waals surface area contributed by atoms with Crippen molar-refractivity contribution in [3.05, 3.63) is 125 Å². The Balaban J connectivity index is 1.48. The van der Waals surface area contributed by atoms with Crippen LogP contribution in [0.25, 0.3) is 32.3 Å². The molecule has 0 N–H and O–H groups in total. The Morgan fingerprint density at radius 3 is 1.22 bits per heavy atom. The quantitative estimate of drug-likeness (QED) is 0.163.